The van der Waals surface area contributed by atoms with Gasteiger partial charge in [0.2, 0.25) is 0 Å². The normalized spacial score (nSPS) is 12.0. The standard InChI is InChI=1S/C32H20ClF7O.C26H18BrClF4.C25H19ClF2.C6H3F3O.C4H8O/c1-2-3-17-4-6-18(7-5-17)19-8-10-23-20(12-19)9-11-24(30(23)33)21-13-25(34)29(26(35)14-21)32(39,40)41-22-15-27(36)31(38)28(37)16-22;1-2-3-15-4-6-16(7-5-15)17-8-10-20-18(12-17)9-11-21(25(20)28)19-13-22(29)24(23(30)14-19)26(27,31)32;1-2-3-16-4-6-17(7-5-16)18-8-10-23-19(12-18)9-11-24(25(23)26)20-13-21(27)15-22(28)14-20;7-4-1-3(10)2-5(8)6(4)9;1-2-4-5-3-1/h4-16H,2-3H2,1H3;4-14H,2-3H2,1H3;4-15H,2-3H2,1H3;1-2,10H;1-4H2. The number of ether oxygens (including phenoxy) is 2. The van der Waals surface area contributed by atoms with Crippen LogP contribution < -0.4 is 4.74 Å². The SMILES string of the molecule is C1CCOC1.CCCc1ccc(-c2ccc3c(Cl)c(-c4cc(F)c(C(F)(F)Br)c(F)c4)ccc3c2)cc1.CCCc1ccc(-c2ccc3c(Cl)c(-c4cc(F)c(C(F)(F)Oc5cc(F)c(F)c(F)c5)c(F)c4)ccc3c2)cc1.CCCc1ccc(-c2ccc3c(Cl)c(-c4cc(F)cc(F)c4)ccc3c2)cc1.Oc1cc(F)c(F)c(F)c1. The van der Waals surface area contributed by atoms with Gasteiger partial charge in [-0.1, -0.05) is 220 Å². The maximum Gasteiger partial charge on any atom is 0.432 e. The van der Waals surface area contributed by atoms with Crippen LogP contribution in [0.3, 0.4) is 0 Å². The Morgan fingerprint density at radius 1 is 0.345 bits per heavy atom. The minimum Gasteiger partial charge on any atom is -0.508 e. The molecule has 0 amide bonds. The molecule has 0 atom stereocenters. The number of hydrogen-bond acceptors (Lipinski definition) is 3. The Morgan fingerprint density at radius 3 is 0.948 bits per heavy atom. The van der Waals surface area contributed by atoms with Crippen molar-refractivity contribution in [3.63, 3.8) is 0 Å². The minimum absolute atomic E-state index is 0.0861. The van der Waals surface area contributed by atoms with Crippen LogP contribution in [0.4, 0.5) is 70.2 Å². The number of phenols is 1. The highest BCUT2D eigenvalue weighted by Crippen LogP contribution is 2.45. The molecule has 598 valence electrons. The van der Waals surface area contributed by atoms with Crippen molar-refractivity contribution in [2.75, 3.05) is 13.2 Å². The first-order valence-corrected chi connectivity index (χ1v) is 38.4. The zero-order chi connectivity index (χ0) is 83.4. The molecule has 0 bridgehead atoms. The lowest BCUT2D eigenvalue weighted by Gasteiger charge is -2.20. The number of benzene rings is 14. The molecule has 0 unspecified atom stereocenters. The summed E-state index contributed by atoms with van der Waals surface area (Å²) in [5, 5.41) is 14.1. The van der Waals surface area contributed by atoms with Crippen molar-refractivity contribution in [3.05, 3.63) is 343 Å². The molecule has 23 heteroatoms. The smallest absolute Gasteiger partial charge is 0.432 e. The Morgan fingerprint density at radius 2 is 0.647 bits per heavy atom. The number of aromatic hydroxyl groups is 1. The van der Waals surface area contributed by atoms with Crippen molar-refractivity contribution >= 4 is 83.1 Å². The average molecular weight is 1720 g/mol. The molecule has 14 aromatic carbocycles. The van der Waals surface area contributed by atoms with Crippen LogP contribution in [0.25, 0.3) is 99.1 Å². The first-order valence-electron chi connectivity index (χ1n) is 36.4. The largest absolute Gasteiger partial charge is 0.508 e. The van der Waals surface area contributed by atoms with Gasteiger partial charge in [-0.25, -0.2) is 52.7 Å². The van der Waals surface area contributed by atoms with Crippen molar-refractivity contribution in [2.24, 2.45) is 0 Å². The highest BCUT2D eigenvalue weighted by molar-refractivity contribution is 9.09. The molecule has 1 fully saturated rings. The number of phenolic OH excluding ortho intramolecular Hbond substituents is 1. The maximum absolute atomic E-state index is 14.9. The van der Waals surface area contributed by atoms with Gasteiger partial charge in [-0.15, -0.1) is 0 Å². The predicted octanol–water partition coefficient (Wildman–Crippen LogP) is 30.8. The molecule has 1 N–H and O–H groups in total. The van der Waals surface area contributed by atoms with Crippen molar-refractivity contribution in [1.29, 1.82) is 0 Å². The van der Waals surface area contributed by atoms with E-state index in [0.717, 1.165) is 125 Å². The summed E-state index contributed by atoms with van der Waals surface area (Å²) in [6, 6.07) is 60.7. The van der Waals surface area contributed by atoms with E-state index in [2.05, 4.69) is 92.2 Å². The highest BCUT2D eigenvalue weighted by Gasteiger charge is 2.42. The van der Waals surface area contributed by atoms with Gasteiger partial charge in [0.05, 0.1) is 15.1 Å². The van der Waals surface area contributed by atoms with E-state index < -0.39 is 103 Å². The summed E-state index contributed by atoms with van der Waals surface area (Å²) in [6.45, 7) is 8.43. The van der Waals surface area contributed by atoms with Crippen molar-refractivity contribution < 1.29 is 84.8 Å². The Hall–Kier alpha value is -10.4. The monoisotopic (exact) mass is 1720 g/mol. The van der Waals surface area contributed by atoms with Crippen LogP contribution in [0, 0.1) is 69.8 Å². The fraction of sp³-hybridized carbons (Fsp3) is 0.161. The number of halogens is 20. The third-order valence-corrected chi connectivity index (χ3v) is 20.4. The summed E-state index contributed by atoms with van der Waals surface area (Å²) in [6.07, 6.45) is 4.22. The summed E-state index contributed by atoms with van der Waals surface area (Å²) in [5.74, 6) is -19.0. The molecule has 1 aliphatic rings. The molecule has 14 aromatic rings. The second-order valence-electron chi connectivity index (χ2n) is 27.1. The fourth-order valence-electron chi connectivity index (χ4n) is 13.1. The van der Waals surface area contributed by atoms with Crippen LogP contribution in [-0.2, 0) is 34.9 Å². The van der Waals surface area contributed by atoms with Gasteiger partial charge in [0, 0.05) is 76.4 Å². The highest BCUT2D eigenvalue weighted by atomic mass is 79.9. The lowest BCUT2D eigenvalue weighted by Crippen LogP contribution is -2.25. The van der Waals surface area contributed by atoms with Crippen LogP contribution in [-0.4, -0.2) is 18.3 Å². The Balaban J connectivity index is 0.000000158. The molecule has 0 saturated carbocycles. The van der Waals surface area contributed by atoms with Gasteiger partial charge in [-0.2, -0.15) is 17.6 Å². The van der Waals surface area contributed by atoms with Crippen LogP contribution in [0.5, 0.6) is 11.5 Å². The Kier molecular flexibility index (Phi) is 28.5. The van der Waals surface area contributed by atoms with Crippen molar-refractivity contribution in [1.82, 2.24) is 0 Å². The molecule has 1 saturated heterocycles. The number of fused-ring (bicyclic) bond motifs is 3. The molecule has 0 aliphatic carbocycles. The first kappa shape index (κ1) is 86.5. The second kappa shape index (κ2) is 38.2. The first-order chi connectivity index (χ1) is 55.3. The van der Waals surface area contributed by atoms with Crippen LogP contribution in [0.2, 0.25) is 15.1 Å². The van der Waals surface area contributed by atoms with Gasteiger partial charge in [0.25, 0.3) is 0 Å². The Labute approximate surface area is 681 Å². The van der Waals surface area contributed by atoms with E-state index in [1.54, 1.807) is 24.3 Å². The number of alkyl halides is 5. The third-order valence-electron chi connectivity index (χ3n) is 18.8. The zero-order valence-electron chi connectivity index (χ0n) is 61.8. The van der Waals surface area contributed by atoms with Gasteiger partial charge in [-0.3, -0.25) is 0 Å². The molecule has 15 rings (SSSR count). The van der Waals surface area contributed by atoms with Gasteiger partial charge in [0.1, 0.15) is 57.5 Å². The van der Waals surface area contributed by atoms with Crippen molar-refractivity contribution in [3.8, 4) is 78.3 Å². The van der Waals surface area contributed by atoms with Crippen LogP contribution >= 0.6 is 50.7 Å². The maximum atomic E-state index is 14.9. The van der Waals surface area contributed by atoms with Crippen molar-refractivity contribution in [2.45, 2.75) is 83.1 Å². The summed E-state index contributed by atoms with van der Waals surface area (Å²) in [4.78, 5) is -3.81. The van der Waals surface area contributed by atoms with E-state index in [9.17, 15) is 70.2 Å². The number of hydrogen-bond donors (Lipinski definition) is 1. The lowest BCUT2D eigenvalue weighted by molar-refractivity contribution is -0.189. The molecule has 1 heterocycles. The average Bonchev–Trinajstić information content (AvgIpc) is 0.820. The quantitative estimate of drug-likeness (QED) is 0.0595. The second-order valence-corrected chi connectivity index (χ2v) is 29.2. The topological polar surface area (TPSA) is 38.7 Å². The van der Waals surface area contributed by atoms with E-state index in [4.69, 9.17) is 44.6 Å². The van der Waals surface area contributed by atoms with Crippen LogP contribution in [0.1, 0.15) is 80.7 Å². The predicted molar refractivity (Wildman–Crippen MR) is 433 cm³/mol. The lowest BCUT2D eigenvalue weighted by atomic mass is 9.96. The Bertz CT molecular complexity index is 5760. The molecular weight excluding hydrogens is 1660 g/mol. The summed E-state index contributed by atoms with van der Waals surface area (Å²) in [7, 11) is 0. The summed E-state index contributed by atoms with van der Waals surface area (Å²) in [5.41, 5.74) is 8.57. The molecular formula is C93H68BrCl3F16O3. The van der Waals surface area contributed by atoms with E-state index in [0.29, 0.717) is 61.8 Å². The zero-order valence-corrected chi connectivity index (χ0v) is 65.7. The van der Waals surface area contributed by atoms with E-state index in [-0.39, 0.29) is 33.8 Å². The molecule has 0 aromatic heterocycles. The number of rotatable bonds is 16. The molecule has 0 radical (unpaired) electrons. The molecule has 0 spiro atoms. The van der Waals surface area contributed by atoms with Gasteiger partial charge in [0.15, 0.2) is 34.9 Å². The van der Waals surface area contributed by atoms with E-state index >= 15 is 0 Å². The van der Waals surface area contributed by atoms with E-state index in [1.165, 1.54) is 47.7 Å². The number of aryl methyl sites for hydroxylation is 3. The van der Waals surface area contributed by atoms with Gasteiger partial charge < -0.3 is 14.6 Å². The molecule has 3 nitrogen and oxygen atoms in total. The van der Waals surface area contributed by atoms with Gasteiger partial charge >= 0.3 is 10.9 Å². The summed E-state index contributed by atoms with van der Waals surface area (Å²) >= 11 is 21.8. The molecule has 1 aliphatic heterocycles. The van der Waals surface area contributed by atoms with E-state index in [1.807, 2.05) is 82.7 Å². The third kappa shape index (κ3) is 20.9. The fourth-order valence-corrected chi connectivity index (χ4v) is 14.5. The van der Waals surface area contributed by atoms with Gasteiger partial charge in [-0.05, 0) is 186 Å². The van der Waals surface area contributed by atoms with Crippen LogP contribution in [0.15, 0.2) is 231 Å². The summed E-state index contributed by atoms with van der Waals surface area (Å²) < 4.78 is 227. The molecule has 116 heavy (non-hydrogen) atoms. The minimum atomic E-state index is -4.69.